The van der Waals surface area contributed by atoms with E-state index in [9.17, 15) is 17.6 Å². The van der Waals surface area contributed by atoms with E-state index in [4.69, 9.17) is 0 Å². The molecule has 1 aromatic carbocycles. The monoisotopic (exact) mass is 317 g/mol. The fourth-order valence-corrected chi connectivity index (χ4v) is 3.00. The van der Waals surface area contributed by atoms with Crippen molar-refractivity contribution in [2.45, 2.75) is 32.6 Å². The Morgan fingerprint density at radius 2 is 1.90 bits per heavy atom. The SMILES string of the molecule is CCc1ccsc1CNCc1ccc(F)c(C(F)(F)F)c1. The van der Waals surface area contributed by atoms with Gasteiger partial charge >= 0.3 is 6.18 Å². The molecule has 0 aliphatic heterocycles. The second-order valence-electron chi connectivity index (χ2n) is 4.64. The van der Waals surface area contributed by atoms with Crippen LogP contribution in [0.15, 0.2) is 29.6 Å². The van der Waals surface area contributed by atoms with Crippen LogP contribution in [0.25, 0.3) is 0 Å². The van der Waals surface area contributed by atoms with Crippen molar-refractivity contribution in [2.24, 2.45) is 0 Å². The van der Waals surface area contributed by atoms with Crippen molar-refractivity contribution in [3.05, 3.63) is 57.0 Å². The molecule has 0 fully saturated rings. The van der Waals surface area contributed by atoms with Gasteiger partial charge in [0.15, 0.2) is 0 Å². The van der Waals surface area contributed by atoms with Crippen LogP contribution in [0.2, 0.25) is 0 Å². The smallest absolute Gasteiger partial charge is 0.308 e. The van der Waals surface area contributed by atoms with Gasteiger partial charge in [-0.25, -0.2) is 4.39 Å². The van der Waals surface area contributed by atoms with E-state index in [2.05, 4.69) is 12.2 Å². The molecule has 0 amide bonds. The van der Waals surface area contributed by atoms with Gasteiger partial charge in [0, 0.05) is 18.0 Å². The Morgan fingerprint density at radius 1 is 1.14 bits per heavy atom. The summed E-state index contributed by atoms with van der Waals surface area (Å²) in [4.78, 5) is 1.18. The molecule has 0 aliphatic carbocycles. The molecule has 1 aromatic heterocycles. The van der Waals surface area contributed by atoms with E-state index in [1.54, 1.807) is 11.3 Å². The van der Waals surface area contributed by atoms with Gasteiger partial charge in [-0.15, -0.1) is 11.3 Å². The van der Waals surface area contributed by atoms with E-state index in [1.165, 1.54) is 16.5 Å². The molecule has 6 heteroatoms. The van der Waals surface area contributed by atoms with Crippen LogP contribution in [0.3, 0.4) is 0 Å². The van der Waals surface area contributed by atoms with Gasteiger partial charge in [0.1, 0.15) is 5.82 Å². The molecule has 2 rings (SSSR count). The molecule has 0 atom stereocenters. The third-order valence-electron chi connectivity index (χ3n) is 3.17. The lowest BCUT2D eigenvalue weighted by Gasteiger charge is -2.11. The summed E-state index contributed by atoms with van der Waals surface area (Å²) in [5.41, 5.74) is 0.438. The maximum Gasteiger partial charge on any atom is 0.419 e. The van der Waals surface area contributed by atoms with Gasteiger partial charge in [0.2, 0.25) is 0 Å². The van der Waals surface area contributed by atoms with E-state index in [0.717, 1.165) is 18.6 Å². The third-order valence-corrected chi connectivity index (χ3v) is 4.13. The normalized spacial score (nSPS) is 11.9. The molecule has 2 aromatic rings. The number of thiophene rings is 1. The van der Waals surface area contributed by atoms with Gasteiger partial charge in [-0.3, -0.25) is 0 Å². The number of hydrogen-bond acceptors (Lipinski definition) is 2. The minimum absolute atomic E-state index is 0.268. The fourth-order valence-electron chi connectivity index (χ4n) is 2.06. The molecule has 0 bridgehead atoms. The number of nitrogens with one attached hydrogen (secondary N) is 1. The fraction of sp³-hybridized carbons (Fsp3) is 0.333. The summed E-state index contributed by atoms with van der Waals surface area (Å²) in [5, 5.41) is 5.09. The van der Waals surface area contributed by atoms with E-state index < -0.39 is 17.6 Å². The highest BCUT2D eigenvalue weighted by molar-refractivity contribution is 7.10. The highest BCUT2D eigenvalue weighted by Gasteiger charge is 2.34. The standard InChI is InChI=1S/C15H15F4NS/c1-2-11-5-6-21-14(11)9-20-8-10-3-4-13(16)12(7-10)15(17,18)19/h3-7,20H,2,8-9H2,1H3. The number of rotatable bonds is 5. The molecule has 21 heavy (non-hydrogen) atoms. The van der Waals surface area contributed by atoms with Crippen molar-refractivity contribution in [3.63, 3.8) is 0 Å². The van der Waals surface area contributed by atoms with Crippen molar-refractivity contribution in [1.82, 2.24) is 5.32 Å². The first-order valence-electron chi connectivity index (χ1n) is 6.53. The molecule has 0 radical (unpaired) electrons. The van der Waals surface area contributed by atoms with Crippen LogP contribution in [-0.2, 0) is 25.7 Å². The summed E-state index contributed by atoms with van der Waals surface area (Å²) in [6.07, 6.45) is -3.74. The summed E-state index contributed by atoms with van der Waals surface area (Å²) in [7, 11) is 0. The zero-order valence-corrected chi connectivity index (χ0v) is 12.2. The topological polar surface area (TPSA) is 12.0 Å². The maximum atomic E-state index is 13.2. The first-order valence-corrected chi connectivity index (χ1v) is 7.41. The van der Waals surface area contributed by atoms with Crippen molar-refractivity contribution in [2.75, 3.05) is 0 Å². The van der Waals surface area contributed by atoms with Gasteiger partial charge in [0.05, 0.1) is 5.56 Å². The van der Waals surface area contributed by atoms with Gasteiger partial charge in [-0.2, -0.15) is 13.2 Å². The molecule has 1 N–H and O–H groups in total. The van der Waals surface area contributed by atoms with Crippen molar-refractivity contribution < 1.29 is 17.6 Å². The van der Waals surface area contributed by atoms with Crippen molar-refractivity contribution in [3.8, 4) is 0 Å². The summed E-state index contributed by atoms with van der Waals surface area (Å²) >= 11 is 1.62. The van der Waals surface area contributed by atoms with Crippen molar-refractivity contribution >= 4 is 11.3 Å². The molecule has 1 nitrogen and oxygen atoms in total. The summed E-state index contributed by atoms with van der Waals surface area (Å²) in [5.74, 6) is -1.24. The average Bonchev–Trinajstić information content (AvgIpc) is 2.87. The quantitative estimate of drug-likeness (QED) is 0.784. The first-order chi connectivity index (χ1) is 9.91. The van der Waals surface area contributed by atoms with Gasteiger partial charge in [-0.05, 0) is 41.1 Å². The Hall–Kier alpha value is -1.40. The predicted molar refractivity (Wildman–Crippen MR) is 75.6 cm³/mol. The van der Waals surface area contributed by atoms with E-state index in [-0.39, 0.29) is 6.54 Å². The minimum Gasteiger partial charge on any atom is -0.308 e. The average molecular weight is 317 g/mol. The lowest BCUT2D eigenvalue weighted by atomic mass is 10.1. The molecule has 0 saturated carbocycles. The number of hydrogen-bond donors (Lipinski definition) is 1. The number of alkyl halides is 3. The molecule has 0 aliphatic rings. The van der Waals surface area contributed by atoms with Crippen LogP contribution in [0.4, 0.5) is 17.6 Å². The van der Waals surface area contributed by atoms with Crippen LogP contribution in [0.5, 0.6) is 0 Å². The van der Waals surface area contributed by atoms with Crippen LogP contribution >= 0.6 is 11.3 Å². The zero-order valence-electron chi connectivity index (χ0n) is 11.4. The molecular formula is C15H15F4NS. The highest BCUT2D eigenvalue weighted by atomic mass is 32.1. The Kier molecular flexibility index (Phi) is 5.00. The lowest BCUT2D eigenvalue weighted by molar-refractivity contribution is -0.140. The predicted octanol–water partition coefficient (Wildman–Crippen LogP) is 4.76. The highest BCUT2D eigenvalue weighted by Crippen LogP contribution is 2.31. The summed E-state index contributed by atoms with van der Waals surface area (Å²) < 4.78 is 51.0. The van der Waals surface area contributed by atoms with E-state index in [1.807, 2.05) is 11.4 Å². The second kappa shape index (κ2) is 6.58. The number of aryl methyl sites for hydroxylation is 1. The van der Waals surface area contributed by atoms with Gasteiger partial charge in [-0.1, -0.05) is 13.0 Å². The number of benzene rings is 1. The first kappa shape index (κ1) is 16.0. The van der Waals surface area contributed by atoms with Crippen molar-refractivity contribution in [1.29, 1.82) is 0 Å². The second-order valence-corrected chi connectivity index (χ2v) is 5.64. The molecule has 0 unspecified atom stereocenters. The Balaban J connectivity index is 2.01. The van der Waals surface area contributed by atoms with Crippen LogP contribution in [-0.4, -0.2) is 0 Å². The largest absolute Gasteiger partial charge is 0.419 e. The summed E-state index contributed by atoms with van der Waals surface area (Å²) in [6, 6.07) is 5.13. The van der Waals surface area contributed by atoms with Crippen LogP contribution in [0, 0.1) is 5.82 Å². The minimum atomic E-state index is -4.66. The third kappa shape index (κ3) is 4.04. The van der Waals surface area contributed by atoms with Crippen LogP contribution in [0.1, 0.15) is 28.5 Å². The molecular weight excluding hydrogens is 302 g/mol. The van der Waals surface area contributed by atoms with E-state index >= 15 is 0 Å². The molecule has 0 saturated heterocycles. The van der Waals surface area contributed by atoms with Gasteiger partial charge in [0.25, 0.3) is 0 Å². The number of halogens is 4. The summed E-state index contributed by atoms with van der Waals surface area (Å²) in [6.45, 7) is 2.92. The zero-order chi connectivity index (χ0) is 15.5. The Labute approximate surface area is 124 Å². The Bertz CT molecular complexity index is 604. The molecule has 0 spiro atoms. The van der Waals surface area contributed by atoms with Gasteiger partial charge < -0.3 is 5.32 Å². The lowest BCUT2D eigenvalue weighted by Crippen LogP contribution is -2.14. The molecule has 1 heterocycles. The Morgan fingerprint density at radius 3 is 2.57 bits per heavy atom. The van der Waals surface area contributed by atoms with Crippen LogP contribution < -0.4 is 5.32 Å². The molecule has 114 valence electrons. The van der Waals surface area contributed by atoms with E-state index in [0.29, 0.717) is 12.1 Å². The maximum absolute atomic E-state index is 13.2.